The van der Waals surface area contributed by atoms with Gasteiger partial charge in [-0.15, -0.1) is 0 Å². The Hall–Kier alpha value is -3.54. The summed E-state index contributed by atoms with van der Waals surface area (Å²) in [6, 6.07) is 15.6. The summed E-state index contributed by atoms with van der Waals surface area (Å²) in [4.78, 5) is 24.4. The third-order valence-electron chi connectivity index (χ3n) is 5.28. The van der Waals surface area contributed by atoms with E-state index in [0.717, 1.165) is 16.8 Å². The van der Waals surface area contributed by atoms with E-state index in [0.29, 0.717) is 29.7 Å². The second-order valence-corrected chi connectivity index (χ2v) is 7.29. The Morgan fingerprint density at radius 2 is 1.81 bits per heavy atom. The summed E-state index contributed by atoms with van der Waals surface area (Å²) in [5, 5.41) is 0.711. The quantitative estimate of drug-likeness (QED) is 0.415. The minimum Gasteiger partial charge on any atom is -0.478 e. The lowest BCUT2D eigenvalue weighted by atomic mass is 10.0. The summed E-state index contributed by atoms with van der Waals surface area (Å²) in [6.07, 6.45) is -0.302. The number of hydrogen-bond acceptors (Lipinski definition) is 4. The number of benzene rings is 2. The molecule has 2 N–H and O–H groups in total. The van der Waals surface area contributed by atoms with Gasteiger partial charge in [-0.05, 0) is 38.0 Å². The molecule has 1 atom stereocenters. The normalized spacial score (nSPS) is 11.8. The first-order valence-electron chi connectivity index (χ1n) is 10.4. The van der Waals surface area contributed by atoms with E-state index in [1.807, 2.05) is 56.3 Å². The number of fused-ring (bicyclic) bond motifs is 1. The van der Waals surface area contributed by atoms with Gasteiger partial charge in [0.05, 0.1) is 17.5 Å². The highest BCUT2D eigenvalue weighted by molar-refractivity contribution is 6.22. The van der Waals surface area contributed by atoms with Gasteiger partial charge in [-0.25, -0.2) is 4.79 Å². The lowest BCUT2D eigenvalue weighted by Gasteiger charge is -2.17. The predicted molar refractivity (Wildman–Crippen MR) is 122 cm³/mol. The summed E-state index contributed by atoms with van der Waals surface area (Å²) in [5.41, 5.74) is 9.26. The van der Waals surface area contributed by atoms with E-state index in [1.165, 1.54) is 0 Å². The topological polar surface area (TPSA) is 83.5 Å². The summed E-state index contributed by atoms with van der Waals surface area (Å²) in [7, 11) is 0. The van der Waals surface area contributed by atoms with Gasteiger partial charge in [0.15, 0.2) is 6.10 Å². The number of hydrogen-bond donors (Lipinski definition) is 1. The smallest absolute Gasteiger partial charge is 0.347 e. The van der Waals surface area contributed by atoms with Gasteiger partial charge < -0.3 is 19.8 Å². The van der Waals surface area contributed by atoms with Crippen LogP contribution in [0.25, 0.3) is 16.5 Å². The van der Waals surface area contributed by atoms with E-state index in [4.69, 9.17) is 15.2 Å². The van der Waals surface area contributed by atoms with Gasteiger partial charge in [-0.3, -0.25) is 4.79 Å². The lowest BCUT2D eigenvalue weighted by molar-refractivity contribution is -0.151. The summed E-state index contributed by atoms with van der Waals surface area (Å²) >= 11 is 0. The van der Waals surface area contributed by atoms with Crippen LogP contribution in [0.1, 0.15) is 37.1 Å². The minimum absolute atomic E-state index is 0.203. The van der Waals surface area contributed by atoms with Crippen LogP contribution in [-0.2, 0) is 20.9 Å². The molecule has 0 fully saturated rings. The predicted octanol–water partition coefficient (Wildman–Crippen LogP) is 4.22. The first kappa shape index (κ1) is 22.2. The maximum absolute atomic E-state index is 12.3. The maximum Gasteiger partial charge on any atom is 0.347 e. The minimum atomic E-state index is -0.752. The number of primary amides is 1. The molecule has 6 nitrogen and oxygen atoms in total. The van der Waals surface area contributed by atoms with Crippen molar-refractivity contribution in [3.05, 3.63) is 71.9 Å². The molecule has 2 aromatic carbocycles. The summed E-state index contributed by atoms with van der Waals surface area (Å²) in [5.74, 6) is -0.531. The van der Waals surface area contributed by atoms with Crippen molar-refractivity contribution >= 4 is 28.4 Å². The Morgan fingerprint density at radius 1 is 1.10 bits per heavy atom. The van der Waals surface area contributed by atoms with Crippen LogP contribution in [-0.4, -0.2) is 29.2 Å². The maximum atomic E-state index is 12.3. The van der Waals surface area contributed by atoms with Crippen LogP contribution in [0.2, 0.25) is 0 Å². The second-order valence-electron chi connectivity index (χ2n) is 7.29. The Bertz CT molecular complexity index is 1120. The van der Waals surface area contributed by atoms with Crippen molar-refractivity contribution in [2.75, 3.05) is 6.61 Å². The lowest BCUT2D eigenvalue weighted by Crippen LogP contribution is -2.28. The third-order valence-corrected chi connectivity index (χ3v) is 5.28. The van der Waals surface area contributed by atoms with E-state index in [-0.39, 0.29) is 12.2 Å². The SMILES string of the molecule is C=C(C(N)=O)c1c(C)n(Cc2ccccc2)c2cccc(OC(CC)C(=O)OCC)c12. The molecule has 3 rings (SSSR count). The number of amides is 1. The highest BCUT2D eigenvalue weighted by Crippen LogP contribution is 2.38. The number of nitrogens with zero attached hydrogens (tertiary/aromatic N) is 1. The number of carbonyl (C=O) groups is 2. The molecule has 0 saturated heterocycles. The molecule has 0 spiro atoms. The van der Waals surface area contributed by atoms with Crippen LogP contribution in [0.3, 0.4) is 0 Å². The molecule has 1 aromatic heterocycles. The van der Waals surface area contributed by atoms with Gasteiger partial charge in [0.1, 0.15) is 5.75 Å². The molecule has 162 valence electrons. The molecule has 0 radical (unpaired) electrons. The molecule has 0 saturated carbocycles. The van der Waals surface area contributed by atoms with E-state index in [1.54, 1.807) is 13.0 Å². The molecular formula is C25H28N2O4. The summed E-state index contributed by atoms with van der Waals surface area (Å²) < 4.78 is 13.3. The van der Waals surface area contributed by atoms with Crippen molar-refractivity contribution < 1.29 is 19.1 Å². The van der Waals surface area contributed by atoms with Gasteiger partial charge in [0.2, 0.25) is 5.91 Å². The van der Waals surface area contributed by atoms with E-state index < -0.39 is 18.0 Å². The largest absolute Gasteiger partial charge is 0.478 e. The average Bonchev–Trinajstić information content (AvgIpc) is 3.04. The fraction of sp³-hybridized carbons (Fsp3) is 0.280. The number of nitrogens with two attached hydrogens (primary N) is 1. The molecule has 31 heavy (non-hydrogen) atoms. The van der Waals surface area contributed by atoms with Crippen LogP contribution < -0.4 is 10.5 Å². The first-order chi connectivity index (χ1) is 14.9. The zero-order valence-corrected chi connectivity index (χ0v) is 18.2. The molecule has 0 aliphatic rings. The fourth-order valence-corrected chi connectivity index (χ4v) is 3.74. The third kappa shape index (κ3) is 4.48. The molecule has 0 aliphatic carbocycles. The average molecular weight is 421 g/mol. The molecule has 1 amide bonds. The molecule has 1 unspecified atom stereocenters. The van der Waals surface area contributed by atoms with E-state index in [2.05, 4.69) is 11.1 Å². The number of esters is 1. The van der Waals surface area contributed by atoms with Crippen molar-refractivity contribution in [3.8, 4) is 5.75 Å². The van der Waals surface area contributed by atoms with Crippen molar-refractivity contribution in [1.82, 2.24) is 4.57 Å². The Labute approximate surface area is 182 Å². The van der Waals surface area contributed by atoms with Gasteiger partial charge in [-0.1, -0.05) is 49.9 Å². The van der Waals surface area contributed by atoms with Crippen LogP contribution >= 0.6 is 0 Å². The fourth-order valence-electron chi connectivity index (χ4n) is 3.74. The molecule has 0 aliphatic heterocycles. The van der Waals surface area contributed by atoms with Crippen LogP contribution in [0, 0.1) is 6.92 Å². The Kier molecular flexibility index (Phi) is 6.80. The Morgan fingerprint density at radius 3 is 2.42 bits per heavy atom. The number of rotatable bonds is 9. The van der Waals surface area contributed by atoms with Gasteiger partial charge in [0.25, 0.3) is 0 Å². The first-order valence-corrected chi connectivity index (χ1v) is 10.4. The molecule has 1 heterocycles. The van der Waals surface area contributed by atoms with E-state index in [9.17, 15) is 9.59 Å². The monoisotopic (exact) mass is 420 g/mol. The second kappa shape index (κ2) is 9.51. The molecular weight excluding hydrogens is 392 g/mol. The van der Waals surface area contributed by atoms with Gasteiger partial charge in [0, 0.05) is 23.4 Å². The van der Waals surface area contributed by atoms with Crippen LogP contribution in [0.4, 0.5) is 0 Å². The van der Waals surface area contributed by atoms with Gasteiger partial charge in [-0.2, -0.15) is 0 Å². The highest BCUT2D eigenvalue weighted by Gasteiger charge is 2.25. The van der Waals surface area contributed by atoms with Crippen LogP contribution in [0.5, 0.6) is 5.75 Å². The number of aromatic nitrogens is 1. The molecule has 0 bridgehead atoms. The number of carbonyl (C=O) groups excluding carboxylic acids is 2. The van der Waals surface area contributed by atoms with Gasteiger partial charge >= 0.3 is 5.97 Å². The summed E-state index contributed by atoms with van der Waals surface area (Å²) in [6.45, 7) is 10.4. The van der Waals surface area contributed by atoms with Crippen LogP contribution in [0.15, 0.2) is 55.1 Å². The zero-order chi connectivity index (χ0) is 22.5. The highest BCUT2D eigenvalue weighted by atomic mass is 16.6. The number of ether oxygens (including phenoxy) is 2. The van der Waals surface area contributed by atoms with E-state index >= 15 is 0 Å². The standard InChI is InChI=1S/C25H28N2O4/c1-5-20(25(29)30-6-2)31-21-14-10-13-19-23(21)22(16(3)24(26)28)17(4)27(19)15-18-11-8-7-9-12-18/h7-14,20H,3,5-6,15H2,1-2,4H3,(H2,26,28). The van der Waals surface area contributed by atoms with Crippen molar-refractivity contribution in [2.24, 2.45) is 5.73 Å². The molecule has 3 aromatic rings. The molecule has 6 heteroatoms. The zero-order valence-electron chi connectivity index (χ0n) is 18.2. The van der Waals surface area contributed by atoms with Crippen molar-refractivity contribution in [1.29, 1.82) is 0 Å². The van der Waals surface area contributed by atoms with Crippen molar-refractivity contribution in [2.45, 2.75) is 39.8 Å². The van der Waals surface area contributed by atoms with Crippen molar-refractivity contribution in [3.63, 3.8) is 0 Å². The Balaban J connectivity index is 2.18.